The zero-order chi connectivity index (χ0) is 17.2. The lowest BCUT2D eigenvalue weighted by molar-refractivity contribution is -0.00161. The molecule has 0 aliphatic carbocycles. The molecule has 0 heterocycles. The van der Waals surface area contributed by atoms with Crippen LogP contribution in [-0.2, 0) is 9.47 Å². The fourth-order valence-corrected chi connectivity index (χ4v) is 2.12. The number of aliphatic hydroxyl groups is 1. The highest BCUT2D eigenvalue weighted by atomic mass is 16.5. The van der Waals surface area contributed by atoms with Gasteiger partial charge in [0.1, 0.15) is 12.7 Å². The van der Waals surface area contributed by atoms with E-state index >= 15 is 0 Å². The smallest absolute Gasteiger partial charge is 0.411 e. The average molecular weight is 319 g/mol. The summed E-state index contributed by atoms with van der Waals surface area (Å²) in [5, 5.41) is 12.8. The Kier molecular flexibility index (Phi) is 8.08. The zero-order valence-corrected chi connectivity index (χ0v) is 13.9. The van der Waals surface area contributed by atoms with Crippen molar-refractivity contribution >= 4 is 11.8 Å². The number of para-hydroxylation sites is 1. The van der Waals surface area contributed by atoms with Crippen molar-refractivity contribution in [1.82, 2.24) is 0 Å². The van der Waals surface area contributed by atoms with Crippen LogP contribution in [0.1, 0.15) is 13.8 Å². The number of amides is 1. The molecule has 126 valence electrons. The van der Waals surface area contributed by atoms with Crippen LogP contribution in [0.2, 0.25) is 0 Å². The molecule has 5 nitrogen and oxygen atoms in total. The first-order valence-corrected chi connectivity index (χ1v) is 7.47. The van der Waals surface area contributed by atoms with Gasteiger partial charge in [-0.2, -0.15) is 0 Å². The molecule has 1 unspecified atom stereocenters. The molecular weight excluding hydrogens is 294 g/mol. The Morgan fingerprint density at radius 3 is 2.61 bits per heavy atom. The predicted molar refractivity (Wildman–Crippen MR) is 91.3 cm³/mol. The van der Waals surface area contributed by atoms with Gasteiger partial charge in [-0.3, -0.25) is 5.32 Å². The Bertz CT molecular complexity index is 527. The third kappa shape index (κ3) is 6.67. The normalized spacial score (nSPS) is 15.4. The minimum Gasteiger partial charge on any atom is -0.445 e. The predicted octanol–water partition coefficient (Wildman–Crippen LogP) is 3.38. The van der Waals surface area contributed by atoms with Crippen LogP contribution >= 0.6 is 0 Å². The van der Waals surface area contributed by atoms with Crippen molar-refractivity contribution in [2.24, 2.45) is 5.92 Å². The molecule has 1 rings (SSSR count). The largest absolute Gasteiger partial charge is 0.445 e. The Hall–Kier alpha value is -2.11. The lowest BCUT2D eigenvalue weighted by Gasteiger charge is -2.22. The number of rotatable bonds is 8. The fourth-order valence-electron chi connectivity index (χ4n) is 2.12. The molecule has 23 heavy (non-hydrogen) atoms. The van der Waals surface area contributed by atoms with Crippen LogP contribution in [-0.4, -0.2) is 37.1 Å². The summed E-state index contributed by atoms with van der Waals surface area (Å²) >= 11 is 0. The maximum atomic E-state index is 11.7. The molecule has 0 fully saturated rings. The summed E-state index contributed by atoms with van der Waals surface area (Å²) in [5.74, 6) is -0.154. The molecule has 1 amide bonds. The summed E-state index contributed by atoms with van der Waals surface area (Å²) < 4.78 is 10.3. The van der Waals surface area contributed by atoms with E-state index in [0.29, 0.717) is 5.69 Å². The quantitative estimate of drug-likeness (QED) is 0.721. The van der Waals surface area contributed by atoms with Crippen molar-refractivity contribution in [3.8, 4) is 0 Å². The third-order valence-corrected chi connectivity index (χ3v) is 3.38. The van der Waals surface area contributed by atoms with E-state index in [2.05, 4.69) is 11.9 Å². The highest BCUT2D eigenvalue weighted by Crippen LogP contribution is 2.14. The van der Waals surface area contributed by atoms with Crippen molar-refractivity contribution < 1.29 is 19.4 Å². The standard InChI is InChI=1S/C18H25NO4/c1-5-16(22-4)17(20)14(3)11-13(2)12-23-18(21)19-15-9-7-6-8-10-15/h5-11,14,16-17,20H,1,12H2,2-4H3,(H,19,21)/b13-11-/t14-,16?,17+/m1/s1. The maximum Gasteiger partial charge on any atom is 0.411 e. The molecule has 5 heteroatoms. The van der Waals surface area contributed by atoms with Gasteiger partial charge in [-0.15, -0.1) is 6.58 Å². The van der Waals surface area contributed by atoms with Gasteiger partial charge >= 0.3 is 6.09 Å². The highest BCUT2D eigenvalue weighted by molar-refractivity contribution is 5.84. The summed E-state index contributed by atoms with van der Waals surface area (Å²) in [4.78, 5) is 11.7. The Morgan fingerprint density at radius 1 is 1.39 bits per heavy atom. The second-order valence-electron chi connectivity index (χ2n) is 5.37. The maximum absolute atomic E-state index is 11.7. The first-order valence-electron chi connectivity index (χ1n) is 7.47. The van der Waals surface area contributed by atoms with Crippen LogP contribution in [0.25, 0.3) is 0 Å². The van der Waals surface area contributed by atoms with Crippen LogP contribution < -0.4 is 5.32 Å². The summed E-state index contributed by atoms with van der Waals surface area (Å²) in [6.45, 7) is 7.50. The number of hydrogen-bond donors (Lipinski definition) is 2. The van der Waals surface area contributed by atoms with Crippen LogP contribution in [0, 0.1) is 5.92 Å². The van der Waals surface area contributed by atoms with Crippen LogP contribution in [0.5, 0.6) is 0 Å². The van der Waals surface area contributed by atoms with Crippen molar-refractivity contribution in [1.29, 1.82) is 0 Å². The molecule has 3 atom stereocenters. The first kappa shape index (κ1) is 18.9. The van der Waals surface area contributed by atoms with E-state index in [-0.39, 0.29) is 12.5 Å². The van der Waals surface area contributed by atoms with Gasteiger partial charge in [0.25, 0.3) is 0 Å². The monoisotopic (exact) mass is 319 g/mol. The summed E-state index contributed by atoms with van der Waals surface area (Å²) in [7, 11) is 1.52. The number of carbonyl (C=O) groups excluding carboxylic acids is 1. The number of carbonyl (C=O) groups is 1. The van der Waals surface area contributed by atoms with E-state index in [9.17, 15) is 9.90 Å². The molecule has 0 aliphatic rings. The first-order chi connectivity index (χ1) is 11.0. The zero-order valence-electron chi connectivity index (χ0n) is 13.9. The fraction of sp³-hybridized carbons (Fsp3) is 0.389. The van der Waals surface area contributed by atoms with Crippen molar-refractivity contribution in [3.63, 3.8) is 0 Å². The van der Waals surface area contributed by atoms with E-state index in [1.807, 2.05) is 38.1 Å². The van der Waals surface area contributed by atoms with Crippen LogP contribution in [0.3, 0.4) is 0 Å². The van der Waals surface area contributed by atoms with Crippen LogP contribution in [0.15, 0.2) is 54.6 Å². The summed E-state index contributed by atoms with van der Waals surface area (Å²) in [5.41, 5.74) is 1.52. The molecule has 0 aromatic heterocycles. The molecule has 0 aliphatic heterocycles. The van der Waals surface area contributed by atoms with E-state index in [1.54, 1.807) is 18.2 Å². The summed E-state index contributed by atoms with van der Waals surface area (Å²) in [6, 6.07) is 9.09. The van der Waals surface area contributed by atoms with Gasteiger partial charge in [-0.25, -0.2) is 4.79 Å². The number of benzene rings is 1. The molecule has 0 bridgehead atoms. The molecular formula is C18H25NO4. The molecule has 2 N–H and O–H groups in total. The van der Waals surface area contributed by atoms with E-state index in [1.165, 1.54) is 7.11 Å². The second-order valence-corrected chi connectivity index (χ2v) is 5.37. The van der Waals surface area contributed by atoms with Gasteiger partial charge < -0.3 is 14.6 Å². The molecule has 0 spiro atoms. The molecule has 1 aromatic rings. The molecule has 0 saturated carbocycles. The third-order valence-electron chi connectivity index (χ3n) is 3.38. The van der Waals surface area contributed by atoms with E-state index in [0.717, 1.165) is 5.57 Å². The Labute approximate surface area is 137 Å². The van der Waals surface area contributed by atoms with Gasteiger partial charge in [0.15, 0.2) is 0 Å². The SMILES string of the molecule is C=CC(OC)[C@@H](O)[C@H](C)/C=C(/C)COC(=O)Nc1ccccc1. The number of aliphatic hydroxyl groups excluding tert-OH is 1. The van der Waals surface area contributed by atoms with E-state index < -0.39 is 18.3 Å². The van der Waals surface area contributed by atoms with Gasteiger partial charge in [0, 0.05) is 18.7 Å². The number of hydrogen-bond acceptors (Lipinski definition) is 4. The van der Waals surface area contributed by atoms with Gasteiger partial charge in [0.2, 0.25) is 0 Å². The van der Waals surface area contributed by atoms with Gasteiger partial charge in [-0.1, -0.05) is 37.3 Å². The summed E-state index contributed by atoms with van der Waals surface area (Å²) in [6.07, 6.45) is 1.77. The van der Waals surface area contributed by atoms with Crippen LogP contribution in [0.4, 0.5) is 10.5 Å². The van der Waals surface area contributed by atoms with Gasteiger partial charge in [0.05, 0.1) is 6.10 Å². The lowest BCUT2D eigenvalue weighted by Crippen LogP contribution is -2.31. The number of nitrogens with one attached hydrogen (secondary N) is 1. The molecule has 0 radical (unpaired) electrons. The number of ether oxygens (including phenoxy) is 2. The Morgan fingerprint density at radius 2 is 2.04 bits per heavy atom. The minimum atomic E-state index is -0.703. The number of anilines is 1. The Balaban J connectivity index is 2.47. The van der Waals surface area contributed by atoms with Gasteiger partial charge in [-0.05, 0) is 24.6 Å². The minimum absolute atomic E-state index is 0.154. The lowest BCUT2D eigenvalue weighted by atomic mass is 9.97. The van der Waals surface area contributed by atoms with Crippen molar-refractivity contribution in [2.75, 3.05) is 19.0 Å². The van der Waals surface area contributed by atoms with Crippen molar-refractivity contribution in [2.45, 2.75) is 26.1 Å². The average Bonchev–Trinajstić information content (AvgIpc) is 2.55. The van der Waals surface area contributed by atoms with E-state index in [4.69, 9.17) is 9.47 Å². The highest BCUT2D eigenvalue weighted by Gasteiger charge is 2.20. The van der Waals surface area contributed by atoms with Crippen molar-refractivity contribution in [3.05, 3.63) is 54.6 Å². The second kappa shape index (κ2) is 9.82. The molecule has 1 aromatic carbocycles. The number of methoxy groups -OCH3 is 1. The molecule has 0 saturated heterocycles. The topological polar surface area (TPSA) is 67.8 Å².